The van der Waals surface area contributed by atoms with E-state index in [2.05, 4.69) is 9.50 Å². The highest BCUT2D eigenvalue weighted by Crippen LogP contribution is 2.33. The van der Waals surface area contributed by atoms with E-state index < -0.39 is 27.3 Å². The van der Waals surface area contributed by atoms with Crippen molar-refractivity contribution >= 4 is 22.1 Å². The summed E-state index contributed by atoms with van der Waals surface area (Å²) in [7, 11) is -4.43. The summed E-state index contributed by atoms with van der Waals surface area (Å²) in [5, 5.41) is 2.39. The van der Waals surface area contributed by atoms with Gasteiger partial charge in [-0.1, -0.05) is 48.5 Å². The third-order valence-corrected chi connectivity index (χ3v) is 5.55. The molecule has 0 atom stereocenters. The average Bonchev–Trinajstić information content (AvgIpc) is 2.81. The summed E-state index contributed by atoms with van der Waals surface area (Å²) in [6.07, 6.45) is 2.51. The number of likely N-dealkylation sites (N-methyl/N-ethyl adjacent to an activating group) is 1. The molecule has 3 rings (SSSR count). The van der Waals surface area contributed by atoms with Gasteiger partial charge in [-0.2, -0.15) is 21.6 Å². The number of rotatable bonds is 8. The zero-order valence-electron chi connectivity index (χ0n) is 17.9. The second kappa shape index (κ2) is 10.4. The average molecular weight is 491 g/mol. The molecule has 0 fully saturated rings. The fraction of sp³-hybridized carbons (Fsp3) is 0.125. The van der Waals surface area contributed by atoms with Crippen molar-refractivity contribution in [1.29, 1.82) is 0 Å². The molecule has 0 radical (unpaired) electrons. The highest BCUT2D eigenvalue weighted by atomic mass is 32.2. The van der Waals surface area contributed by atoms with Crippen LogP contribution in [0.15, 0.2) is 78.9 Å². The summed E-state index contributed by atoms with van der Waals surface area (Å²) in [4.78, 5) is 11.7. The lowest BCUT2D eigenvalue weighted by Gasteiger charge is -2.13. The molecule has 6 nitrogen and oxygen atoms in total. The van der Waals surface area contributed by atoms with Gasteiger partial charge in [0.15, 0.2) is 0 Å². The maximum absolute atomic E-state index is 12.7. The van der Waals surface area contributed by atoms with Crippen LogP contribution in [0.4, 0.5) is 13.2 Å². The molecule has 10 heteroatoms. The number of halogens is 3. The first-order valence-corrected chi connectivity index (χ1v) is 11.3. The van der Waals surface area contributed by atoms with E-state index >= 15 is 0 Å². The number of hydrogen-bond acceptors (Lipinski definition) is 5. The second-order valence-corrected chi connectivity index (χ2v) is 8.52. The van der Waals surface area contributed by atoms with E-state index in [9.17, 15) is 26.4 Å². The molecule has 178 valence electrons. The molecule has 0 unspecified atom stereocenters. The molecule has 0 saturated carbocycles. The van der Waals surface area contributed by atoms with Crippen molar-refractivity contribution in [3.63, 3.8) is 0 Å². The number of hydrogen-bond donors (Lipinski definition) is 1. The lowest BCUT2D eigenvalue weighted by Crippen LogP contribution is -2.28. The van der Waals surface area contributed by atoms with Crippen LogP contribution in [0.2, 0.25) is 0 Å². The van der Waals surface area contributed by atoms with Crippen LogP contribution in [0.25, 0.3) is 17.2 Å². The number of amides is 1. The first kappa shape index (κ1) is 24.8. The minimum Gasteiger partial charge on any atom is -0.489 e. The molecule has 0 aromatic heterocycles. The lowest BCUT2D eigenvalue weighted by atomic mass is 9.98. The Balaban J connectivity index is 1.95. The van der Waals surface area contributed by atoms with Crippen molar-refractivity contribution in [2.24, 2.45) is 0 Å². The van der Waals surface area contributed by atoms with Gasteiger partial charge in [-0.05, 0) is 52.6 Å². The monoisotopic (exact) mass is 491 g/mol. The maximum atomic E-state index is 12.7. The van der Waals surface area contributed by atoms with E-state index in [0.29, 0.717) is 23.5 Å². The first-order valence-electron chi connectivity index (χ1n) is 9.91. The van der Waals surface area contributed by atoms with Gasteiger partial charge >= 0.3 is 15.6 Å². The molecule has 0 heterocycles. The maximum Gasteiger partial charge on any atom is 0.534 e. The molecular weight excluding hydrogens is 471 g/mol. The molecule has 0 aliphatic rings. The fourth-order valence-corrected chi connectivity index (χ4v) is 3.36. The van der Waals surface area contributed by atoms with Gasteiger partial charge < -0.3 is 14.2 Å². The Labute approximate surface area is 194 Å². The van der Waals surface area contributed by atoms with Crippen LogP contribution in [0.1, 0.15) is 11.1 Å². The largest absolute Gasteiger partial charge is 0.534 e. The Kier molecular flexibility index (Phi) is 7.62. The van der Waals surface area contributed by atoms with Gasteiger partial charge in [0.25, 0.3) is 0 Å². The van der Waals surface area contributed by atoms with E-state index in [1.54, 1.807) is 24.3 Å². The third kappa shape index (κ3) is 6.38. The standard InChI is InChI=1S/C24H20F3NO5S/c1-28-23(29)13-10-19-15-21(33-34(30,31)24(25,26)27)11-12-22(19)18-8-5-9-20(14-18)32-16-17-6-3-2-4-7-17/h2-15H,16H2,1H3,(H,28,29)/b13-10+. The van der Waals surface area contributed by atoms with Gasteiger partial charge in [0.1, 0.15) is 18.1 Å². The Bertz CT molecular complexity index is 1290. The van der Waals surface area contributed by atoms with E-state index in [4.69, 9.17) is 4.74 Å². The van der Waals surface area contributed by atoms with Gasteiger partial charge in [0.2, 0.25) is 5.91 Å². The van der Waals surface area contributed by atoms with E-state index in [1.807, 2.05) is 30.3 Å². The van der Waals surface area contributed by atoms with Gasteiger partial charge in [0.05, 0.1) is 0 Å². The van der Waals surface area contributed by atoms with Crippen molar-refractivity contribution in [3.8, 4) is 22.6 Å². The minimum absolute atomic E-state index is 0.263. The molecule has 0 saturated heterocycles. The van der Waals surface area contributed by atoms with E-state index in [0.717, 1.165) is 23.8 Å². The van der Waals surface area contributed by atoms with Gasteiger partial charge in [-0.25, -0.2) is 0 Å². The van der Waals surface area contributed by atoms with E-state index in [1.165, 1.54) is 19.2 Å². The summed E-state index contributed by atoms with van der Waals surface area (Å²) < 4.78 is 71.0. The number of ether oxygens (including phenoxy) is 1. The Morgan fingerprint density at radius 1 is 0.971 bits per heavy atom. The summed E-state index contributed by atoms with van der Waals surface area (Å²) in [6.45, 7) is 0.329. The van der Waals surface area contributed by atoms with Crippen molar-refractivity contribution in [2.75, 3.05) is 7.05 Å². The lowest BCUT2D eigenvalue weighted by molar-refractivity contribution is -0.115. The topological polar surface area (TPSA) is 81.7 Å². The van der Waals surface area contributed by atoms with Crippen LogP contribution in [-0.4, -0.2) is 26.9 Å². The van der Waals surface area contributed by atoms with Crippen molar-refractivity contribution in [3.05, 3.63) is 90.0 Å². The van der Waals surface area contributed by atoms with E-state index in [-0.39, 0.29) is 5.56 Å². The molecule has 1 amide bonds. The Hall–Kier alpha value is -3.79. The Morgan fingerprint density at radius 3 is 2.38 bits per heavy atom. The molecule has 3 aromatic carbocycles. The molecule has 0 spiro atoms. The SMILES string of the molecule is CNC(=O)/C=C/c1cc(OS(=O)(=O)C(F)(F)F)ccc1-c1cccc(OCc2ccccc2)c1. The molecule has 3 aromatic rings. The fourth-order valence-electron chi connectivity index (χ4n) is 2.91. The predicted octanol–water partition coefficient (Wildman–Crippen LogP) is 4.92. The van der Waals surface area contributed by atoms with Crippen LogP contribution in [0.5, 0.6) is 11.5 Å². The molecule has 0 aliphatic carbocycles. The second-order valence-electron chi connectivity index (χ2n) is 6.98. The highest BCUT2D eigenvalue weighted by Gasteiger charge is 2.48. The van der Waals surface area contributed by atoms with Crippen LogP contribution < -0.4 is 14.2 Å². The summed E-state index contributed by atoms with van der Waals surface area (Å²) in [6, 6.07) is 20.1. The van der Waals surface area contributed by atoms with Crippen LogP contribution in [0, 0.1) is 0 Å². The molecule has 0 bridgehead atoms. The van der Waals surface area contributed by atoms with Gasteiger partial charge in [0, 0.05) is 13.1 Å². The predicted molar refractivity (Wildman–Crippen MR) is 121 cm³/mol. The van der Waals surface area contributed by atoms with Crippen molar-refractivity contribution in [2.45, 2.75) is 12.1 Å². The molecule has 34 heavy (non-hydrogen) atoms. The Morgan fingerprint density at radius 2 is 1.71 bits per heavy atom. The smallest absolute Gasteiger partial charge is 0.489 e. The third-order valence-electron chi connectivity index (χ3n) is 4.57. The zero-order valence-corrected chi connectivity index (χ0v) is 18.7. The number of nitrogens with one attached hydrogen (secondary N) is 1. The highest BCUT2D eigenvalue weighted by molar-refractivity contribution is 7.88. The number of alkyl halides is 3. The van der Waals surface area contributed by atoms with Crippen LogP contribution >= 0.6 is 0 Å². The van der Waals surface area contributed by atoms with Gasteiger partial charge in [-0.3, -0.25) is 4.79 Å². The summed E-state index contributed by atoms with van der Waals surface area (Å²) in [5.41, 5.74) is -3.20. The summed E-state index contributed by atoms with van der Waals surface area (Å²) >= 11 is 0. The zero-order chi connectivity index (χ0) is 24.8. The van der Waals surface area contributed by atoms with Crippen LogP contribution in [0.3, 0.4) is 0 Å². The number of carbonyl (C=O) groups excluding carboxylic acids is 1. The number of benzene rings is 3. The molecule has 0 aliphatic heterocycles. The van der Waals surface area contributed by atoms with Crippen LogP contribution in [-0.2, 0) is 21.5 Å². The van der Waals surface area contributed by atoms with Crippen molar-refractivity contribution < 1.29 is 35.3 Å². The number of carbonyl (C=O) groups is 1. The first-order chi connectivity index (χ1) is 16.1. The molecular formula is C24H20F3NO5S. The van der Waals surface area contributed by atoms with Gasteiger partial charge in [-0.15, -0.1) is 0 Å². The molecule has 1 N–H and O–H groups in total. The minimum atomic E-state index is -5.84. The normalized spacial score (nSPS) is 11.9. The quantitative estimate of drug-likeness (QED) is 0.275. The van der Waals surface area contributed by atoms with Crippen molar-refractivity contribution in [1.82, 2.24) is 5.32 Å². The summed E-state index contributed by atoms with van der Waals surface area (Å²) in [5.74, 6) is -0.461.